The van der Waals surface area contributed by atoms with Crippen LogP contribution >= 0.6 is 0 Å². The molecule has 1 aromatic carbocycles. The monoisotopic (exact) mass is 304 g/mol. The van der Waals surface area contributed by atoms with Gasteiger partial charge in [0.15, 0.2) is 0 Å². The van der Waals surface area contributed by atoms with Gasteiger partial charge in [-0.15, -0.1) is 0 Å². The zero-order valence-electron chi connectivity index (χ0n) is 13.5. The Morgan fingerprint density at radius 1 is 0.909 bits per heavy atom. The summed E-state index contributed by atoms with van der Waals surface area (Å²) >= 11 is 0. The second-order valence-corrected chi connectivity index (χ2v) is 5.65. The maximum Gasteiger partial charge on any atom is 0.131 e. The first-order valence-electron chi connectivity index (χ1n) is 8.30. The van der Waals surface area contributed by atoms with E-state index in [1.54, 1.807) is 0 Å². The summed E-state index contributed by atoms with van der Waals surface area (Å²) in [5.41, 5.74) is 2.27. The molecule has 4 nitrogen and oxygen atoms in total. The van der Waals surface area contributed by atoms with Gasteiger partial charge in [-0.25, -0.2) is 0 Å². The van der Waals surface area contributed by atoms with Gasteiger partial charge in [0, 0.05) is 5.56 Å². The van der Waals surface area contributed by atoms with Gasteiger partial charge in [0.25, 0.3) is 0 Å². The summed E-state index contributed by atoms with van der Waals surface area (Å²) < 4.78 is 0. The third kappa shape index (κ3) is 7.25. The van der Waals surface area contributed by atoms with Crippen LogP contribution in [0.1, 0.15) is 69.4 Å². The van der Waals surface area contributed by atoms with Gasteiger partial charge in [-0.3, -0.25) is 0 Å². The summed E-state index contributed by atoms with van der Waals surface area (Å²) in [5, 5.41) is 23.3. The number of aryl methyl sites for hydroxylation is 1. The standard InChI is InChI=1S/C18H28N2O2/c1-2-3-4-5-6-7-8-9-10-16-11-13-17(14-12-16)18(20-22)15-19-21/h11-15,21-22H,2-10H2,1H3. The number of hydrogen-bond donors (Lipinski definition) is 2. The quantitative estimate of drug-likeness (QED) is 0.261. The lowest BCUT2D eigenvalue weighted by molar-refractivity contribution is 0.316. The molecule has 4 heteroatoms. The highest BCUT2D eigenvalue weighted by molar-refractivity contribution is 6.37. The molecule has 122 valence electrons. The van der Waals surface area contributed by atoms with Crippen molar-refractivity contribution >= 4 is 11.9 Å². The Bertz CT molecular complexity index is 453. The molecule has 0 fully saturated rings. The fourth-order valence-electron chi connectivity index (χ4n) is 2.52. The Labute approximate surface area is 133 Å². The molecule has 0 spiro atoms. The molecule has 0 aliphatic rings. The Morgan fingerprint density at radius 3 is 2.05 bits per heavy atom. The van der Waals surface area contributed by atoms with Crippen LogP contribution in [0.25, 0.3) is 0 Å². The minimum absolute atomic E-state index is 0.251. The molecule has 0 bridgehead atoms. The van der Waals surface area contributed by atoms with Crippen molar-refractivity contribution in [2.45, 2.75) is 64.7 Å². The van der Waals surface area contributed by atoms with Crippen LogP contribution in [-0.2, 0) is 6.42 Å². The van der Waals surface area contributed by atoms with E-state index in [0.29, 0.717) is 0 Å². The molecular weight excluding hydrogens is 276 g/mol. The van der Waals surface area contributed by atoms with Gasteiger partial charge >= 0.3 is 0 Å². The molecule has 0 atom stereocenters. The summed E-state index contributed by atoms with van der Waals surface area (Å²) in [6.45, 7) is 2.25. The van der Waals surface area contributed by atoms with Crippen LogP contribution < -0.4 is 0 Å². The van der Waals surface area contributed by atoms with E-state index >= 15 is 0 Å². The largest absolute Gasteiger partial charge is 0.411 e. The predicted molar refractivity (Wildman–Crippen MR) is 91.4 cm³/mol. The van der Waals surface area contributed by atoms with Crippen molar-refractivity contribution in [1.82, 2.24) is 0 Å². The SMILES string of the molecule is CCCCCCCCCCc1ccc(C(C=NO)=NO)cc1. The molecule has 0 saturated heterocycles. The van der Waals surface area contributed by atoms with E-state index < -0.39 is 0 Å². The number of rotatable bonds is 11. The lowest BCUT2D eigenvalue weighted by Gasteiger charge is -2.04. The van der Waals surface area contributed by atoms with Crippen molar-refractivity contribution in [2.75, 3.05) is 0 Å². The molecule has 0 aromatic heterocycles. The number of hydrogen-bond acceptors (Lipinski definition) is 4. The normalized spacial score (nSPS) is 12.1. The average molecular weight is 304 g/mol. The molecule has 0 radical (unpaired) electrons. The number of nitrogens with zero attached hydrogens (tertiary/aromatic N) is 2. The van der Waals surface area contributed by atoms with Crippen LogP contribution in [0.5, 0.6) is 0 Å². The minimum atomic E-state index is 0.251. The van der Waals surface area contributed by atoms with Crippen LogP contribution in [0.2, 0.25) is 0 Å². The van der Waals surface area contributed by atoms with Gasteiger partial charge in [0.05, 0.1) is 6.21 Å². The maximum atomic E-state index is 8.84. The van der Waals surface area contributed by atoms with Crippen molar-refractivity contribution in [3.63, 3.8) is 0 Å². The Morgan fingerprint density at radius 2 is 1.50 bits per heavy atom. The zero-order valence-corrected chi connectivity index (χ0v) is 13.5. The molecule has 1 rings (SSSR count). The number of oxime groups is 2. The van der Waals surface area contributed by atoms with E-state index in [1.165, 1.54) is 56.9 Å². The van der Waals surface area contributed by atoms with Crippen molar-refractivity contribution in [2.24, 2.45) is 10.3 Å². The first-order chi connectivity index (χ1) is 10.8. The van der Waals surface area contributed by atoms with Crippen LogP contribution in [0.15, 0.2) is 34.6 Å². The Balaban J connectivity index is 2.24. The van der Waals surface area contributed by atoms with Crippen LogP contribution in [-0.4, -0.2) is 22.3 Å². The van der Waals surface area contributed by atoms with Gasteiger partial charge in [0.2, 0.25) is 0 Å². The number of unbranched alkanes of at least 4 members (excludes halogenated alkanes) is 7. The summed E-state index contributed by atoms with van der Waals surface area (Å²) in [5.74, 6) is 0. The minimum Gasteiger partial charge on any atom is -0.411 e. The van der Waals surface area contributed by atoms with Gasteiger partial charge in [-0.2, -0.15) is 0 Å². The summed E-state index contributed by atoms with van der Waals surface area (Å²) in [6.07, 6.45) is 12.8. The molecule has 0 heterocycles. The highest BCUT2D eigenvalue weighted by Gasteiger charge is 2.02. The summed E-state index contributed by atoms with van der Waals surface area (Å²) in [4.78, 5) is 0. The van der Waals surface area contributed by atoms with E-state index in [2.05, 4.69) is 17.2 Å². The molecule has 2 N–H and O–H groups in total. The third-order valence-electron chi connectivity index (χ3n) is 3.86. The first kappa shape index (κ1) is 18.2. The van der Waals surface area contributed by atoms with Crippen LogP contribution in [0, 0.1) is 0 Å². The van der Waals surface area contributed by atoms with Crippen molar-refractivity contribution in [3.05, 3.63) is 35.4 Å². The highest BCUT2D eigenvalue weighted by Crippen LogP contribution is 2.12. The average Bonchev–Trinajstić information content (AvgIpc) is 2.56. The lowest BCUT2D eigenvalue weighted by atomic mass is 10.0. The van der Waals surface area contributed by atoms with Crippen molar-refractivity contribution in [3.8, 4) is 0 Å². The van der Waals surface area contributed by atoms with Gasteiger partial charge in [-0.05, 0) is 18.4 Å². The molecule has 0 amide bonds. The highest BCUT2D eigenvalue weighted by atomic mass is 16.4. The van der Waals surface area contributed by atoms with E-state index in [1.807, 2.05) is 24.3 Å². The maximum absolute atomic E-state index is 8.84. The van der Waals surface area contributed by atoms with Crippen molar-refractivity contribution in [1.29, 1.82) is 0 Å². The number of benzene rings is 1. The van der Waals surface area contributed by atoms with E-state index in [4.69, 9.17) is 10.4 Å². The zero-order chi connectivity index (χ0) is 16.0. The predicted octanol–water partition coefficient (Wildman–Crippen LogP) is 5.01. The molecule has 0 saturated carbocycles. The third-order valence-corrected chi connectivity index (χ3v) is 3.86. The van der Waals surface area contributed by atoms with E-state index in [9.17, 15) is 0 Å². The molecule has 1 aromatic rings. The molecular formula is C18H28N2O2. The first-order valence-corrected chi connectivity index (χ1v) is 8.30. The van der Waals surface area contributed by atoms with Gasteiger partial charge in [-0.1, -0.05) is 86.4 Å². The van der Waals surface area contributed by atoms with Crippen LogP contribution in [0.4, 0.5) is 0 Å². The Kier molecular flexibility index (Phi) is 9.75. The lowest BCUT2D eigenvalue weighted by Crippen LogP contribution is -2.02. The molecule has 0 aliphatic carbocycles. The molecule has 0 aliphatic heterocycles. The molecule has 22 heavy (non-hydrogen) atoms. The fourth-order valence-corrected chi connectivity index (χ4v) is 2.52. The summed E-state index contributed by atoms with van der Waals surface area (Å²) in [7, 11) is 0. The van der Waals surface area contributed by atoms with E-state index in [0.717, 1.165) is 18.2 Å². The molecule has 0 unspecified atom stereocenters. The van der Waals surface area contributed by atoms with Gasteiger partial charge < -0.3 is 10.4 Å². The smallest absolute Gasteiger partial charge is 0.131 e. The van der Waals surface area contributed by atoms with E-state index in [-0.39, 0.29) is 5.71 Å². The van der Waals surface area contributed by atoms with Crippen molar-refractivity contribution < 1.29 is 10.4 Å². The van der Waals surface area contributed by atoms with Crippen LogP contribution in [0.3, 0.4) is 0 Å². The summed E-state index contributed by atoms with van der Waals surface area (Å²) in [6, 6.07) is 7.84. The Hall–Kier alpha value is -1.84. The second-order valence-electron chi connectivity index (χ2n) is 5.65. The van der Waals surface area contributed by atoms with Gasteiger partial charge in [0.1, 0.15) is 5.71 Å². The fraction of sp³-hybridized carbons (Fsp3) is 0.556. The topological polar surface area (TPSA) is 65.2 Å². The second kappa shape index (κ2) is 11.8.